The van der Waals surface area contributed by atoms with Crippen LogP contribution in [0.1, 0.15) is 259 Å². The number of hydrogen-bond acceptors (Lipinski definition) is 47. The Kier molecular flexibility index (Phi) is 62.9. The van der Waals surface area contributed by atoms with Crippen molar-refractivity contribution in [2.24, 2.45) is 22.7 Å². The SMILES string of the molecule is CCCCCCCCCCC(CCCCCCCCCC)COCC(CO[C@@H]1OC(CO)[C@@H](O[C@H]2OC(CO)[C@@H](O)[C@H](O)C2O)[C@H](O)C1O)(CO[C@@H]1OC(CO)[C@@H](O[C@H]2OC(CO)[C@@H](O)[C@H](O)C2O)[C@H](O)C1O)CSCC(COCC(CCCCCCCCCC)CCCCCCCCCC)(CO[C@@H]1OC(CO)[C@@H](O[C@H]2OC(CO)[C@@H](O)[C@H](O)C2O)[C@H](O)C1O)CO[C@@H]1OC(CO)[C@@H](O[C@H]2OC(CO)[C@@H](O)[C@H](O)C2O)[C@H](O)C1O. The van der Waals surface area contributed by atoms with Gasteiger partial charge in [-0.3, -0.25) is 0 Å². The fourth-order valence-electron chi connectivity index (χ4n) is 20.6. The fraction of sp³-hybridized carbons (Fsp3) is 1.00. The molecule has 0 amide bonds. The summed E-state index contributed by atoms with van der Waals surface area (Å²) in [4.78, 5) is 0. The van der Waals surface area contributed by atoms with E-state index < -0.39 is 349 Å². The first-order valence-electron chi connectivity index (χ1n) is 55.2. The Morgan fingerprint density at radius 1 is 0.201 bits per heavy atom. The van der Waals surface area contributed by atoms with Crippen LogP contribution in [0, 0.1) is 22.7 Å². The number of rotatable bonds is 76. The number of aliphatic hydroxyl groups excluding tert-OH is 28. The minimum Gasteiger partial charge on any atom is -0.394 e. The second kappa shape index (κ2) is 70.7. The maximum atomic E-state index is 12.4. The van der Waals surface area contributed by atoms with Gasteiger partial charge < -0.3 is 228 Å². The molecule has 8 rings (SSSR count). The maximum Gasteiger partial charge on any atom is 0.187 e. The van der Waals surface area contributed by atoms with Crippen LogP contribution >= 0.6 is 11.8 Å². The Bertz CT molecular complexity index is 2980. The minimum atomic E-state index is -2.19. The Labute approximate surface area is 880 Å². The van der Waals surface area contributed by atoms with E-state index in [0.29, 0.717) is 25.7 Å². The van der Waals surface area contributed by atoms with Crippen molar-refractivity contribution in [2.45, 2.75) is 504 Å². The fourth-order valence-corrected chi connectivity index (χ4v) is 22.0. The lowest BCUT2D eigenvalue weighted by atomic mass is 9.92. The van der Waals surface area contributed by atoms with Crippen LogP contribution in [0.3, 0.4) is 0 Å². The zero-order valence-corrected chi connectivity index (χ0v) is 88.5. The molecule has 0 saturated carbocycles. The monoisotopic (exact) mass is 2180 g/mol. The van der Waals surface area contributed by atoms with Gasteiger partial charge in [-0.05, 0) is 37.5 Å². The van der Waals surface area contributed by atoms with E-state index in [2.05, 4.69) is 27.7 Å². The minimum absolute atomic E-state index is 0.0746. The number of hydrogen-bond donors (Lipinski definition) is 28. The Morgan fingerprint density at radius 2 is 0.376 bits per heavy atom. The molecule has 0 radical (unpaired) electrons. The second-order valence-corrected chi connectivity index (χ2v) is 43.6. The normalized spacial score (nSPS) is 37.8. The maximum absolute atomic E-state index is 12.4. The Hall–Kier alpha value is -1.49. The second-order valence-electron chi connectivity index (χ2n) is 42.6. The highest BCUT2D eigenvalue weighted by Gasteiger charge is 2.58. The molecule has 47 heteroatoms. The van der Waals surface area contributed by atoms with Gasteiger partial charge in [0.1, 0.15) is 195 Å². The van der Waals surface area contributed by atoms with Crippen LogP contribution in [0.2, 0.25) is 0 Å². The summed E-state index contributed by atoms with van der Waals surface area (Å²) in [5, 5.41) is 315. The number of thioether (sulfide) groups is 1. The van der Waals surface area contributed by atoms with Crippen LogP contribution in [0.25, 0.3) is 0 Å². The zero-order valence-electron chi connectivity index (χ0n) is 87.7. The van der Waals surface area contributed by atoms with Gasteiger partial charge in [-0.25, -0.2) is 0 Å². The van der Waals surface area contributed by atoms with Gasteiger partial charge in [0.2, 0.25) is 0 Å². The van der Waals surface area contributed by atoms with Gasteiger partial charge in [0.05, 0.1) is 92.5 Å². The Balaban J connectivity index is 1.28. The molecule has 16 unspecified atom stereocenters. The first-order valence-corrected chi connectivity index (χ1v) is 56.4. The Morgan fingerprint density at radius 3 is 0.564 bits per heavy atom. The molecule has 0 spiro atoms. The lowest BCUT2D eigenvalue weighted by Gasteiger charge is -2.47. The summed E-state index contributed by atoms with van der Waals surface area (Å²) in [5.74, 6) is -0.894. The van der Waals surface area contributed by atoms with E-state index in [-0.39, 0.29) is 36.6 Å². The summed E-state index contributed by atoms with van der Waals surface area (Å²) in [6, 6.07) is 0. The summed E-state index contributed by atoms with van der Waals surface area (Å²) in [6.45, 7) is -2.70. The van der Waals surface area contributed by atoms with Crippen molar-refractivity contribution < 1.29 is 228 Å². The van der Waals surface area contributed by atoms with Gasteiger partial charge in [0.25, 0.3) is 0 Å². The number of aliphatic hydroxyl groups is 28. The molecule has 0 bridgehead atoms. The summed E-state index contributed by atoms with van der Waals surface area (Å²) in [6.07, 6.45) is -41.4. The van der Waals surface area contributed by atoms with Gasteiger partial charge >= 0.3 is 0 Å². The highest BCUT2D eigenvalue weighted by atomic mass is 32.2. The molecule has 0 aromatic heterocycles. The lowest BCUT2D eigenvalue weighted by molar-refractivity contribution is -0.365. The van der Waals surface area contributed by atoms with Crippen LogP contribution < -0.4 is 0 Å². The number of unbranched alkanes of at least 4 members (excludes halogenated alkanes) is 28. The van der Waals surface area contributed by atoms with Crippen LogP contribution in [-0.2, 0) is 85.3 Å². The molecule has 0 aromatic rings. The lowest BCUT2D eigenvalue weighted by Crippen LogP contribution is -2.65. The summed E-state index contributed by atoms with van der Waals surface area (Å²) in [7, 11) is 0. The van der Waals surface area contributed by atoms with E-state index >= 15 is 0 Å². The van der Waals surface area contributed by atoms with Gasteiger partial charge in [0.15, 0.2) is 50.3 Å². The van der Waals surface area contributed by atoms with Crippen molar-refractivity contribution in [2.75, 3.05) is 117 Å². The van der Waals surface area contributed by atoms with Gasteiger partial charge in [-0.2, -0.15) is 11.8 Å². The summed E-state index contributed by atoms with van der Waals surface area (Å²) < 4.78 is 113. The third-order valence-electron chi connectivity index (χ3n) is 30.3. The van der Waals surface area contributed by atoms with Crippen molar-refractivity contribution in [1.82, 2.24) is 0 Å². The molecule has 8 aliphatic heterocycles. The molecular formula is C102H190O46S. The van der Waals surface area contributed by atoms with Crippen LogP contribution in [0.4, 0.5) is 0 Å². The molecule has 8 fully saturated rings. The highest BCUT2D eigenvalue weighted by molar-refractivity contribution is 7.99. The molecular weight excluding hydrogens is 1990 g/mol. The standard InChI is InChI=1S/C102H190O46S/c1-5-9-13-17-21-25-29-33-37-59(38-34-30-26-22-18-14-10-6-2)49-131-51-101(53-133-93-85(127)77(119)89(65(45-107)141-93)145-97-81(123)73(115)69(111)61(41-103)137-97,54-134-94-86(128)78(120)90(66(46-108)142-94)146-98-82(124)74(116)70(112)62(42-104)138-98)57-149-58-102(52-132-50-60(39-35-31-27-23-19-15-11-7-3)40-36-32-28-24-20-16-12-8-4,55-135-95-87(129)79(121)91(67(47-109)143-95)147-99-83(125)75(117)71(113)63(43-105)139-99)56-136-96-88(130)80(122)92(68(48-110)144-96)148-100-84(126)76(118)72(114)64(44-106)140-100/h59-100,103-130H,5-58H2,1-4H3/t61?,62?,63?,64?,65?,66?,67?,68?,69-,70-,71-,72-,73+,74+,75+,76+,77-,78-,79-,80-,81?,82?,83?,84?,85?,86?,87?,88?,89-,90-,91-,92-,93-,94-,95-,96-,97-,98-,99-,100-,101?,102?/m1/s1. The van der Waals surface area contributed by atoms with Crippen molar-refractivity contribution >= 4 is 11.8 Å². The average Bonchev–Trinajstić information content (AvgIpc) is 0.792. The number of ether oxygens (including phenoxy) is 18. The van der Waals surface area contributed by atoms with Gasteiger partial charge in [0, 0.05) is 35.5 Å². The third kappa shape index (κ3) is 40.0. The van der Waals surface area contributed by atoms with E-state index in [4.69, 9.17) is 85.3 Å². The topological polar surface area (TPSA) is 733 Å². The summed E-state index contributed by atoms with van der Waals surface area (Å²) in [5.41, 5.74) is -3.66. The predicted octanol–water partition coefficient (Wildman–Crippen LogP) is -2.36. The van der Waals surface area contributed by atoms with Crippen LogP contribution in [0.5, 0.6) is 0 Å². The molecule has 0 aliphatic carbocycles. The molecule has 8 aliphatic rings. The molecule has 149 heavy (non-hydrogen) atoms. The molecule has 28 N–H and O–H groups in total. The van der Waals surface area contributed by atoms with E-state index in [1.54, 1.807) is 0 Å². The first-order chi connectivity index (χ1) is 71.7. The highest BCUT2D eigenvalue weighted by Crippen LogP contribution is 2.42. The van der Waals surface area contributed by atoms with E-state index in [1.165, 1.54) is 0 Å². The van der Waals surface area contributed by atoms with E-state index in [1.807, 2.05) is 0 Å². The van der Waals surface area contributed by atoms with Crippen molar-refractivity contribution in [3.8, 4) is 0 Å². The quantitative estimate of drug-likeness (QED) is 0.0283. The van der Waals surface area contributed by atoms with Crippen molar-refractivity contribution in [3.63, 3.8) is 0 Å². The van der Waals surface area contributed by atoms with Crippen LogP contribution in [0.15, 0.2) is 0 Å². The third-order valence-corrected chi connectivity index (χ3v) is 31.9. The molecule has 46 nitrogen and oxygen atoms in total. The molecule has 8 heterocycles. The van der Waals surface area contributed by atoms with Crippen molar-refractivity contribution in [1.29, 1.82) is 0 Å². The van der Waals surface area contributed by atoms with Crippen LogP contribution in [-0.4, -0.2) is 506 Å². The molecule has 880 valence electrons. The first kappa shape index (κ1) is 133. The predicted molar refractivity (Wildman–Crippen MR) is 529 cm³/mol. The summed E-state index contributed by atoms with van der Waals surface area (Å²) >= 11 is 1.05. The van der Waals surface area contributed by atoms with Gasteiger partial charge in [-0.1, -0.05) is 233 Å². The molecule has 8 saturated heterocycles. The van der Waals surface area contributed by atoms with Gasteiger partial charge in [-0.15, -0.1) is 0 Å². The van der Waals surface area contributed by atoms with E-state index in [0.717, 1.165) is 217 Å². The smallest absolute Gasteiger partial charge is 0.187 e. The van der Waals surface area contributed by atoms with E-state index in [9.17, 15) is 143 Å². The largest absolute Gasteiger partial charge is 0.394 e. The zero-order chi connectivity index (χ0) is 109. The molecule has 40 atom stereocenters. The van der Waals surface area contributed by atoms with Crippen molar-refractivity contribution in [3.05, 3.63) is 0 Å². The average molecular weight is 2180 g/mol. The molecule has 0 aromatic carbocycles.